The van der Waals surface area contributed by atoms with Crippen LogP contribution in [0.4, 0.5) is 4.39 Å². The van der Waals surface area contributed by atoms with Crippen molar-refractivity contribution >= 4 is 0 Å². The zero-order valence-electron chi connectivity index (χ0n) is 10.1. The van der Waals surface area contributed by atoms with E-state index < -0.39 is 0 Å². The van der Waals surface area contributed by atoms with Crippen molar-refractivity contribution in [2.24, 2.45) is 0 Å². The molecule has 16 heavy (non-hydrogen) atoms. The van der Waals surface area contributed by atoms with Crippen LogP contribution in [-0.4, -0.2) is 17.5 Å². The molecule has 0 saturated carbocycles. The summed E-state index contributed by atoms with van der Waals surface area (Å²) in [6, 6.07) is 8.09. The number of benzene rings is 1. The van der Waals surface area contributed by atoms with E-state index in [4.69, 9.17) is 0 Å². The largest absolute Gasteiger partial charge is 0.294 e. The van der Waals surface area contributed by atoms with Crippen LogP contribution < -0.4 is 0 Å². The van der Waals surface area contributed by atoms with E-state index >= 15 is 0 Å². The van der Waals surface area contributed by atoms with Gasteiger partial charge in [-0.2, -0.15) is 0 Å². The molecule has 1 aliphatic rings. The van der Waals surface area contributed by atoms with Crippen LogP contribution in [0.15, 0.2) is 24.3 Å². The molecule has 0 N–H and O–H groups in total. The van der Waals surface area contributed by atoms with Crippen molar-refractivity contribution < 1.29 is 4.39 Å². The topological polar surface area (TPSA) is 3.24 Å². The lowest BCUT2D eigenvalue weighted by molar-refractivity contribution is 0.188. The Balaban J connectivity index is 2.19. The molecule has 1 aromatic rings. The Hall–Kier alpha value is -0.890. The summed E-state index contributed by atoms with van der Waals surface area (Å²) in [5.41, 5.74) is 1.14. The number of nitrogens with zero attached hydrogens (tertiary/aromatic N) is 1. The molecular formula is C14H20FN. The fourth-order valence-electron chi connectivity index (χ4n) is 2.62. The van der Waals surface area contributed by atoms with Gasteiger partial charge in [0.1, 0.15) is 5.82 Å². The first kappa shape index (κ1) is 11.6. The zero-order valence-corrected chi connectivity index (χ0v) is 10.1. The van der Waals surface area contributed by atoms with Gasteiger partial charge in [0.25, 0.3) is 0 Å². The van der Waals surface area contributed by atoms with Crippen molar-refractivity contribution in [3.63, 3.8) is 0 Å². The lowest BCUT2D eigenvalue weighted by Crippen LogP contribution is -2.32. The van der Waals surface area contributed by atoms with E-state index in [1.54, 1.807) is 6.07 Å². The molecule has 1 heterocycles. The minimum Gasteiger partial charge on any atom is -0.294 e. The van der Waals surface area contributed by atoms with Gasteiger partial charge in [-0.1, -0.05) is 19.1 Å². The van der Waals surface area contributed by atoms with E-state index in [9.17, 15) is 4.39 Å². The van der Waals surface area contributed by atoms with Gasteiger partial charge in [-0.3, -0.25) is 4.90 Å². The molecular weight excluding hydrogens is 201 g/mol. The molecule has 1 nitrogen and oxygen atoms in total. The Labute approximate surface area is 97.3 Å². The summed E-state index contributed by atoms with van der Waals surface area (Å²) in [6.07, 6.45) is 3.55. The van der Waals surface area contributed by atoms with Gasteiger partial charge < -0.3 is 0 Å². The molecule has 0 spiro atoms. The highest BCUT2D eigenvalue weighted by Crippen LogP contribution is 2.34. The molecule has 2 heteroatoms. The zero-order chi connectivity index (χ0) is 11.5. The van der Waals surface area contributed by atoms with Gasteiger partial charge in [0.05, 0.1) is 0 Å². The van der Waals surface area contributed by atoms with E-state index in [-0.39, 0.29) is 5.82 Å². The predicted molar refractivity (Wildman–Crippen MR) is 64.8 cm³/mol. The maximum absolute atomic E-state index is 13.2. The molecule has 0 bridgehead atoms. The molecule has 1 unspecified atom stereocenters. The molecule has 0 radical (unpaired) electrons. The van der Waals surface area contributed by atoms with Crippen molar-refractivity contribution in [3.05, 3.63) is 35.6 Å². The Morgan fingerprint density at radius 2 is 2.31 bits per heavy atom. The summed E-state index contributed by atoms with van der Waals surface area (Å²) in [5.74, 6) is -0.117. The average Bonchev–Trinajstić information content (AvgIpc) is 2.77. The van der Waals surface area contributed by atoms with Crippen LogP contribution in [0, 0.1) is 5.82 Å². The van der Waals surface area contributed by atoms with Gasteiger partial charge in [0.2, 0.25) is 0 Å². The third kappa shape index (κ3) is 2.27. The predicted octanol–water partition coefficient (Wildman–Crippen LogP) is 3.76. The molecule has 1 aliphatic heterocycles. The molecule has 2 atom stereocenters. The fraction of sp³-hybridized carbons (Fsp3) is 0.571. The van der Waals surface area contributed by atoms with E-state index in [0.717, 1.165) is 24.9 Å². The first-order valence-electron chi connectivity index (χ1n) is 6.23. The first-order valence-corrected chi connectivity index (χ1v) is 6.23. The van der Waals surface area contributed by atoms with Crippen LogP contribution in [0.2, 0.25) is 0 Å². The van der Waals surface area contributed by atoms with Crippen molar-refractivity contribution in [2.45, 2.75) is 45.2 Å². The SMILES string of the molecule is CCC(C)N1CCC[C@H]1c1cccc(F)c1. The normalized spacial score (nSPS) is 23.6. The van der Waals surface area contributed by atoms with Crippen LogP contribution in [0.25, 0.3) is 0 Å². The summed E-state index contributed by atoms with van der Waals surface area (Å²) >= 11 is 0. The summed E-state index contributed by atoms with van der Waals surface area (Å²) in [6.45, 7) is 5.62. The monoisotopic (exact) mass is 221 g/mol. The van der Waals surface area contributed by atoms with E-state index in [2.05, 4.69) is 24.8 Å². The van der Waals surface area contributed by atoms with Crippen LogP contribution in [0.5, 0.6) is 0 Å². The Bertz CT molecular complexity index is 350. The van der Waals surface area contributed by atoms with Gasteiger partial charge in [0, 0.05) is 12.1 Å². The quantitative estimate of drug-likeness (QED) is 0.751. The number of halogens is 1. The van der Waals surface area contributed by atoms with Crippen molar-refractivity contribution in [3.8, 4) is 0 Å². The minimum atomic E-state index is -0.117. The van der Waals surface area contributed by atoms with E-state index in [1.807, 2.05) is 6.07 Å². The van der Waals surface area contributed by atoms with Gasteiger partial charge in [0.15, 0.2) is 0 Å². The Morgan fingerprint density at radius 1 is 1.50 bits per heavy atom. The highest BCUT2D eigenvalue weighted by atomic mass is 19.1. The van der Waals surface area contributed by atoms with Crippen molar-refractivity contribution in [1.82, 2.24) is 4.90 Å². The van der Waals surface area contributed by atoms with Gasteiger partial charge in [-0.15, -0.1) is 0 Å². The molecule has 0 aliphatic carbocycles. The Morgan fingerprint density at radius 3 is 3.00 bits per heavy atom. The molecule has 1 aromatic carbocycles. The first-order chi connectivity index (χ1) is 7.72. The third-order valence-electron chi connectivity index (χ3n) is 3.68. The van der Waals surface area contributed by atoms with E-state index in [1.165, 1.54) is 12.5 Å². The second-order valence-corrected chi connectivity index (χ2v) is 4.71. The number of hydrogen-bond donors (Lipinski definition) is 0. The summed E-state index contributed by atoms with van der Waals surface area (Å²) in [5, 5.41) is 0. The summed E-state index contributed by atoms with van der Waals surface area (Å²) in [4.78, 5) is 2.51. The van der Waals surface area contributed by atoms with Crippen LogP contribution in [0.1, 0.15) is 44.7 Å². The van der Waals surface area contributed by atoms with E-state index in [0.29, 0.717) is 12.1 Å². The lowest BCUT2D eigenvalue weighted by Gasteiger charge is -2.30. The number of hydrogen-bond acceptors (Lipinski definition) is 1. The lowest BCUT2D eigenvalue weighted by atomic mass is 10.0. The number of rotatable bonds is 3. The maximum atomic E-state index is 13.2. The smallest absolute Gasteiger partial charge is 0.123 e. The molecule has 0 amide bonds. The maximum Gasteiger partial charge on any atom is 0.123 e. The standard InChI is InChI=1S/C14H20FN/c1-3-11(2)16-9-5-8-14(16)12-6-4-7-13(15)10-12/h4,6-7,10-11,14H,3,5,8-9H2,1-2H3/t11?,14-/m0/s1. The molecule has 1 saturated heterocycles. The van der Waals surface area contributed by atoms with Crippen LogP contribution in [0.3, 0.4) is 0 Å². The van der Waals surface area contributed by atoms with Gasteiger partial charge in [-0.05, 0) is 50.4 Å². The third-order valence-corrected chi connectivity index (χ3v) is 3.68. The van der Waals surface area contributed by atoms with Gasteiger partial charge >= 0.3 is 0 Å². The fourth-order valence-corrected chi connectivity index (χ4v) is 2.62. The average molecular weight is 221 g/mol. The molecule has 0 aromatic heterocycles. The number of likely N-dealkylation sites (tertiary alicyclic amines) is 1. The highest BCUT2D eigenvalue weighted by molar-refractivity contribution is 5.21. The second kappa shape index (κ2) is 4.96. The summed E-state index contributed by atoms with van der Waals surface area (Å²) < 4.78 is 13.2. The van der Waals surface area contributed by atoms with Crippen molar-refractivity contribution in [2.75, 3.05) is 6.54 Å². The minimum absolute atomic E-state index is 0.117. The highest BCUT2D eigenvalue weighted by Gasteiger charge is 2.28. The molecule has 2 rings (SSSR count). The van der Waals surface area contributed by atoms with Crippen molar-refractivity contribution in [1.29, 1.82) is 0 Å². The van der Waals surface area contributed by atoms with Crippen LogP contribution >= 0.6 is 0 Å². The van der Waals surface area contributed by atoms with Gasteiger partial charge in [-0.25, -0.2) is 4.39 Å². The Kier molecular flexibility index (Phi) is 3.59. The van der Waals surface area contributed by atoms with Crippen LogP contribution in [-0.2, 0) is 0 Å². The summed E-state index contributed by atoms with van der Waals surface area (Å²) in [7, 11) is 0. The second-order valence-electron chi connectivity index (χ2n) is 4.71. The molecule has 1 fully saturated rings. The molecule has 88 valence electrons.